The molecule has 0 saturated heterocycles. The van der Waals surface area contributed by atoms with E-state index in [-0.39, 0.29) is 30.7 Å². The van der Waals surface area contributed by atoms with Crippen LogP contribution in [-0.2, 0) is 16.1 Å². The molecular formula is C24H26N4O4. The molecule has 1 aromatic heterocycles. The van der Waals surface area contributed by atoms with Crippen molar-refractivity contribution in [3.05, 3.63) is 59.7 Å². The van der Waals surface area contributed by atoms with Crippen molar-refractivity contribution in [3.8, 4) is 0 Å². The van der Waals surface area contributed by atoms with Crippen molar-refractivity contribution in [2.24, 2.45) is 0 Å². The number of fused-ring (bicyclic) bond motifs is 2. The summed E-state index contributed by atoms with van der Waals surface area (Å²) in [4.78, 5) is 43.3. The summed E-state index contributed by atoms with van der Waals surface area (Å²) in [5.41, 5.74) is 2.60. The lowest BCUT2D eigenvalue weighted by atomic mass is 10.1. The number of ether oxygens (including phenoxy) is 1. The minimum absolute atomic E-state index is 0.176. The number of nitrogens with zero attached hydrogens (tertiary/aromatic N) is 3. The third-order valence-electron chi connectivity index (χ3n) is 5.44. The van der Waals surface area contributed by atoms with E-state index in [4.69, 9.17) is 4.74 Å². The number of aromatic nitrogens is 2. The van der Waals surface area contributed by atoms with E-state index in [1.807, 2.05) is 35.8 Å². The Morgan fingerprint density at radius 2 is 1.66 bits per heavy atom. The second-order valence-electron chi connectivity index (χ2n) is 7.59. The normalized spacial score (nSPS) is 13.1. The summed E-state index contributed by atoms with van der Waals surface area (Å²) in [6, 6.07) is 14.5. The van der Waals surface area contributed by atoms with Crippen LogP contribution in [0.2, 0.25) is 0 Å². The zero-order valence-corrected chi connectivity index (χ0v) is 18.0. The summed E-state index contributed by atoms with van der Waals surface area (Å²) in [6.45, 7) is 4.13. The predicted octanol–water partition coefficient (Wildman–Crippen LogP) is 3.48. The molecule has 4 rings (SSSR count). The summed E-state index contributed by atoms with van der Waals surface area (Å²) < 4.78 is 7.41. The Morgan fingerprint density at radius 1 is 0.969 bits per heavy atom. The van der Waals surface area contributed by atoms with Crippen molar-refractivity contribution >= 4 is 34.7 Å². The Labute approximate surface area is 186 Å². The number of carbonyl (C=O) groups is 3. The third-order valence-corrected chi connectivity index (χ3v) is 5.44. The molecular weight excluding hydrogens is 408 g/mol. The van der Waals surface area contributed by atoms with Gasteiger partial charge < -0.3 is 9.30 Å². The standard InChI is InChI=1S/C24H26N4O4/c1-2-32-16-8-15-27-20-12-6-5-11-19(20)25-24(27)26-21(29)13-7-14-28-22(30)17-9-3-4-10-18(17)23(28)31/h3-6,9-12H,2,7-8,13-16H2,1H3,(H,25,26,29). The lowest BCUT2D eigenvalue weighted by Gasteiger charge is -2.14. The predicted molar refractivity (Wildman–Crippen MR) is 121 cm³/mol. The Hall–Kier alpha value is -3.52. The molecule has 0 fully saturated rings. The fourth-order valence-electron chi connectivity index (χ4n) is 3.89. The zero-order chi connectivity index (χ0) is 22.5. The maximum atomic E-state index is 12.6. The number of carbonyl (C=O) groups excluding carboxylic acids is 3. The molecule has 0 aliphatic carbocycles. The van der Waals surface area contributed by atoms with Crippen LogP contribution in [0.25, 0.3) is 11.0 Å². The van der Waals surface area contributed by atoms with E-state index in [0.717, 1.165) is 17.5 Å². The van der Waals surface area contributed by atoms with Crippen LogP contribution < -0.4 is 5.32 Å². The van der Waals surface area contributed by atoms with Gasteiger partial charge in [-0.2, -0.15) is 0 Å². The SMILES string of the molecule is CCOCCCn1c(NC(=O)CCCN2C(=O)c3ccccc3C2=O)nc2ccccc21. The molecule has 0 unspecified atom stereocenters. The number of imide groups is 1. The third kappa shape index (κ3) is 4.40. The van der Waals surface area contributed by atoms with Gasteiger partial charge in [-0.25, -0.2) is 4.98 Å². The molecule has 1 aliphatic rings. The number of nitrogens with one attached hydrogen (secondary N) is 1. The molecule has 8 nitrogen and oxygen atoms in total. The monoisotopic (exact) mass is 434 g/mol. The van der Waals surface area contributed by atoms with Crippen LogP contribution in [0, 0.1) is 0 Å². The van der Waals surface area contributed by atoms with Crippen molar-refractivity contribution in [2.75, 3.05) is 25.1 Å². The van der Waals surface area contributed by atoms with E-state index in [0.29, 0.717) is 43.3 Å². The summed E-state index contributed by atoms with van der Waals surface area (Å²) in [7, 11) is 0. The van der Waals surface area contributed by atoms with Crippen LogP contribution in [0.4, 0.5) is 5.95 Å². The van der Waals surface area contributed by atoms with Gasteiger partial charge in [-0.05, 0) is 44.0 Å². The highest BCUT2D eigenvalue weighted by Crippen LogP contribution is 2.23. The van der Waals surface area contributed by atoms with Gasteiger partial charge in [0, 0.05) is 32.7 Å². The van der Waals surface area contributed by atoms with Crippen LogP contribution in [-0.4, -0.2) is 51.9 Å². The Bertz CT molecular complexity index is 1120. The Balaban J connectivity index is 1.36. The number of anilines is 1. The molecule has 1 aliphatic heterocycles. The number of benzene rings is 2. The van der Waals surface area contributed by atoms with Crippen molar-refractivity contribution in [2.45, 2.75) is 32.7 Å². The maximum Gasteiger partial charge on any atom is 0.261 e. The molecule has 8 heteroatoms. The minimum Gasteiger partial charge on any atom is -0.382 e. The van der Waals surface area contributed by atoms with Gasteiger partial charge in [-0.1, -0.05) is 24.3 Å². The van der Waals surface area contributed by atoms with Crippen molar-refractivity contribution in [3.63, 3.8) is 0 Å². The topological polar surface area (TPSA) is 93.5 Å². The number of hydrogen-bond donors (Lipinski definition) is 1. The zero-order valence-electron chi connectivity index (χ0n) is 18.0. The molecule has 1 N–H and O–H groups in total. The van der Waals surface area contributed by atoms with E-state index in [1.54, 1.807) is 24.3 Å². The highest BCUT2D eigenvalue weighted by Gasteiger charge is 2.34. The van der Waals surface area contributed by atoms with Crippen LogP contribution in [0.5, 0.6) is 0 Å². The number of hydrogen-bond acceptors (Lipinski definition) is 5. The van der Waals surface area contributed by atoms with Crippen molar-refractivity contribution in [1.82, 2.24) is 14.5 Å². The average Bonchev–Trinajstić information content (AvgIpc) is 3.26. The molecule has 0 atom stereocenters. The smallest absolute Gasteiger partial charge is 0.261 e. The van der Waals surface area contributed by atoms with Gasteiger partial charge in [0.05, 0.1) is 22.2 Å². The van der Waals surface area contributed by atoms with Gasteiger partial charge in [0.2, 0.25) is 11.9 Å². The molecule has 0 radical (unpaired) electrons. The summed E-state index contributed by atoms with van der Waals surface area (Å²) in [6.07, 6.45) is 1.36. The number of rotatable bonds is 10. The molecule has 166 valence electrons. The molecule has 0 spiro atoms. The van der Waals surface area contributed by atoms with Gasteiger partial charge in [0.25, 0.3) is 11.8 Å². The van der Waals surface area contributed by atoms with E-state index in [9.17, 15) is 14.4 Å². The maximum absolute atomic E-state index is 12.6. The largest absolute Gasteiger partial charge is 0.382 e. The average molecular weight is 434 g/mol. The number of amides is 3. The molecule has 0 bridgehead atoms. The van der Waals surface area contributed by atoms with E-state index in [2.05, 4.69) is 10.3 Å². The Kier molecular flexibility index (Phi) is 6.61. The highest BCUT2D eigenvalue weighted by atomic mass is 16.5. The van der Waals surface area contributed by atoms with E-state index < -0.39 is 0 Å². The molecule has 3 amide bonds. The van der Waals surface area contributed by atoms with Gasteiger partial charge in [-0.15, -0.1) is 0 Å². The fraction of sp³-hybridized carbons (Fsp3) is 0.333. The molecule has 32 heavy (non-hydrogen) atoms. The molecule has 2 heterocycles. The van der Waals surface area contributed by atoms with Gasteiger partial charge in [0.1, 0.15) is 0 Å². The van der Waals surface area contributed by atoms with Crippen LogP contribution in [0.1, 0.15) is 46.9 Å². The number of para-hydroxylation sites is 2. The van der Waals surface area contributed by atoms with E-state index in [1.165, 1.54) is 4.90 Å². The second-order valence-corrected chi connectivity index (χ2v) is 7.59. The highest BCUT2D eigenvalue weighted by molar-refractivity contribution is 6.21. The number of aryl methyl sites for hydroxylation is 1. The van der Waals surface area contributed by atoms with Crippen molar-refractivity contribution in [1.29, 1.82) is 0 Å². The lowest BCUT2D eigenvalue weighted by Crippen LogP contribution is -2.31. The molecule has 2 aromatic carbocycles. The van der Waals surface area contributed by atoms with Gasteiger partial charge in [0.15, 0.2) is 0 Å². The molecule has 0 saturated carbocycles. The number of imidazole rings is 1. The Morgan fingerprint density at radius 3 is 2.38 bits per heavy atom. The van der Waals surface area contributed by atoms with Crippen LogP contribution in [0.3, 0.4) is 0 Å². The first-order valence-corrected chi connectivity index (χ1v) is 10.9. The minimum atomic E-state index is -0.304. The molecule has 3 aromatic rings. The quantitative estimate of drug-likeness (QED) is 0.390. The summed E-state index contributed by atoms with van der Waals surface area (Å²) in [5.74, 6) is -0.319. The fourth-order valence-corrected chi connectivity index (χ4v) is 3.89. The van der Waals surface area contributed by atoms with Gasteiger partial charge in [-0.3, -0.25) is 24.6 Å². The first-order valence-electron chi connectivity index (χ1n) is 10.9. The summed E-state index contributed by atoms with van der Waals surface area (Å²) in [5, 5.41) is 2.89. The van der Waals surface area contributed by atoms with Crippen molar-refractivity contribution < 1.29 is 19.1 Å². The lowest BCUT2D eigenvalue weighted by molar-refractivity contribution is -0.116. The van der Waals surface area contributed by atoms with Gasteiger partial charge >= 0.3 is 0 Å². The van der Waals surface area contributed by atoms with E-state index >= 15 is 0 Å². The first kappa shape index (κ1) is 21.7. The van der Waals surface area contributed by atoms with Crippen LogP contribution in [0.15, 0.2) is 48.5 Å². The van der Waals surface area contributed by atoms with Crippen LogP contribution >= 0.6 is 0 Å². The first-order chi connectivity index (χ1) is 15.6. The second kappa shape index (κ2) is 9.74. The summed E-state index contributed by atoms with van der Waals surface area (Å²) >= 11 is 0.